The third kappa shape index (κ3) is 8.70. The normalized spacial score (nSPS) is 21.5. The van der Waals surface area contributed by atoms with Crippen LogP contribution in [0.2, 0.25) is 0 Å². The summed E-state index contributed by atoms with van der Waals surface area (Å²) in [5, 5.41) is 22.9. The zero-order valence-corrected chi connectivity index (χ0v) is 26.6. The number of ether oxygens (including phenoxy) is 5. The van der Waals surface area contributed by atoms with Gasteiger partial charge < -0.3 is 50.3 Å². The number of carboxylic acid groups (broad SMARTS) is 2. The number of hydrogen-bond donors (Lipinski definition) is 5. The molecule has 44 heavy (non-hydrogen) atoms. The van der Waals surface area contributed by atoms with Gasteiger partial charge in [0.2, 0.25) is 9.70 Å². The number of carbonyl (C=O) groups excluding carboxylic acids is 4. The molecular weight excluding hydrogens is 679 g/mol. The number of fused-ring (bicyclic) bond motifs is 1. The van der Waals surface area contributed by atoms with Crippen molar-refractivity contribution in [3.63, 3.8) is 0 Å². The molecule has 0 aromatic rings. The number of methoxy groups -OCH3 is 3. The predicted molar refractivity (Wildman–Crippen MR) is 153 cm³/mol. The topological polar surface area (TPSA) is 242 Å². The molecular formula is C23H31Cl3N4O13S. The van der Waals surface area contributed by atoms with Gasteiger partial charge in [-0.25, -0.2) is 19.2 Å². The molecule has 1 fully saturated rings. The average Bonchev–Trinajstić information content (AvgIpc) is 2.92. The van der Waals surface area contributed by atoms with Crippen LogP contribution in [0.3, 0.4) is 0 Å². The minimum absolute atomic E-state index is 0.0299. The van der Waals surface area contributed by atoms with Gasteiger partial charge in [0.1, 0.15) is 30.3 Å². The summed E-state index contributed by atoms with van der Waals surface area (Å²) in [6.07, 6.45) is -3.00. The van der Waals surface area contributed by atoms with Gasteiger partial charge in [-0.3, -0.25) is 14.5 Å². The zero-order chi connectivity index (χ0) is 33.5. The molecule has 3 atom stereocenters. The number of nitrogens with two attached hydrogens (primary N) is 1. The number of carboxylic acids is 2. The van der Waals surface area contributed by atoms with E-state index in [1.54, 1.807) is 0 Å². The summed E-state index contributed by atoms with van der Waals surface area (Å²) in [6.45, 7) is -1.58. The zero-order valence-electron chi connectivity index (χ0n) is 23.6. The molecule has 0 aliphatic carbocycles. The highest BCUT2D eigenvalue weighted by Crippen LogP contribution is 2.54. The van der Waals surface area contributed by atoms with Gasteiger partial charge in [-0.1, -0.05) is 34.8 Å². The van der Waals surface area contributed by atoms with Crippen molar-refractivity contribution >= 4 is 82.5 Å². The minimum atomic E-state index is -2.04. The van der Waals surface area contributed by atoms with Crippen molar-refractivity contribution < 1.29 is 62.7 Å². The summed E-state index contributed by atoms with van der Waals surface area (Å²) in [6, 6.07) is -1.47. The highest BCUT2D eigenvalue weighted by molar-refractivity contribution is 8.01. The molecule has 0 aromatic heterocycles. The van der Waals surface area contributed by atoms with Crippen LogP contribution in [0.5, 0.6) is 0 Å². The maximum atomic E-state index is 13.4. The Bertz CT molecular complexity index is 1180. The van der Waals surface area contributed by atoms with Crippen LogP contribution >= 0.6 is 46.6 Å². The van der Waals surface area contributed by atoms with Crippen molar-refractivity contribution in [3.05, 3.63) is 11.3 Å². The lowest BCUT2D eigenvalue weighted by molar-refractivity contribution is -0.193. The van der Waals surface area contributed by atoms with Crippen LogP contribution in [0.25, 0.3) is 0 Å². The molecule has 17 nitrogen and oxygen atoms in total. The molecule has 2 rings (SSSR count). The standard InChI is InChI=1S/C23H31Cl3N4O13S/c1-39-8-21(9-40-2)11(7-42-19(27)37)14(16(34)35)30-17(36)23(41-3,18(30)44-21)29-13(31)6-4-5-12(15(32)33)28-20(38)43-10-22(24,25)26/h12,18H,4-10H2,1-3H3,(H2,27,37)(H,28,38)(H,29,31)(H,32,33)(H,34,35)/t12?,18-,23-/m0/s1. The second-order valence-electron chi connectivity index (χ2n) is 9.35. The molecule has 0 spiro atoms. The van der Waals surface area contributed by atoms with Crippen LogP contribution in [0, 0.1) is 0 Å². The number of thioether (sulfide) groups is 1. The van der Waals surface area contributed by atoms with Crippen molar-refractivity contribution in [3.8, 4) is 0 Å². The Morgan fingerprint density at radius 1 is 1.09 bits per heavy atom. The average molecular weight is 710 g/mol. The first-order valence-electron chi connectivity index (χ1n) is 12.5. The Balaban J connectivity index is 2.25. The fourth-order valence-corrected chi connectivity index (χ4v) is 6.50. The first-order chi connectivity index (χ1) is 20.5. The van der Waals surface area contributed by atoms with E-state index < -0.39 is 80.5 Å². The van der Waals surface area contributed by atoms with Crippen LogP contribution < -0.4 is 16.4 Å². The number of carbonyl (C=O) groups is 6. The SMILES string of the molecule is COCC1(COC)S[C@@H]2N(C(=O)[C@]2(NC(=O)CCCC(NC(=O)OCC(Cl)(Cl)Cl)C(=O)O)OC)C(C(=O)O)=C1COC(N)=O. The number of aliphatic carboxylic acids is 2. The quantitative estimate of drug-likeness (QED) is 0.0835. The molecule has 1 unspecified atom stereocenters. The summed E-state index contributed by atoms with van der Waals surface area (Å²) in [4.78, 5) is 74.5. The summed E-state index contributed by atoms with van der Waals surface area (Å²) in [5.41, 5.74) is 2.49. The van der Waals surface area contributed by atoms with E-state index in [4.69, 9.17) is 59.5 Å². The van der Waals surface area contributed by atoms with Crippen molar-refractivity contribution in [1.29, 1.82) is 0 Å². The number of hydrogen-bond acceptors (Lipinski definition) is 12. The number of halogens is 3. The number of rotatable bonds is 16. The summed E-state index contributed by atoms with van der Waals surface area (Å²) < 4.78 is 22.4. The molecule has 0 radical (unpaired) electrons. The number of β-lactam (4-membered cyclic amide) rings is 1. The van der Waals surface area contributed by atoms with Gasteiger partial charge in [-0.2, -0.15) is 0 Å². The lowest BCUT2D eigenvalue weighted by Crippen LogP contribution is -2.82. The molecule has 2 heterocycles. The van der Waals surface area contributed by atoms with Gasteiger partial charge in [0.05, 0.1) is 18.0 Å². The minimum Gasteiger partial charge on any atom is -0.480 e. The monoisotopic (exact) mass is 708 g/mol. The third-order valence-corrected chi connectivity index (χ3v) is 8.38. The smallest absolute Gasteiger partial charge is 0.407 e. The van der Waals surface area contributed by atoms with Crippen LogP contribution in [0.15, 0.2) is 11.3 Å². The predicted octanol–water partition coefficient (Wildman–Crippen LogP) is 0.546. The maximum Gasteiger partial charge on any atom is 0.407 e. The van der Waals surface area contributed by atoms with Crippen molar-refractivity contribution in [2.24, 2.45) is 5.73 Å². The first-order valence-corrected chi connectivity index (χ1v) is 14.5. The maximum absolute atomic E-state index is 13.4. The van der Waals surface area contributed by atoms with Gasteiger partial charge in [0.15, 0.2) is 0 Å². The van der Waals surface area contributed by atoms with Crippen LogP contribution in [-0.4, -0.2) is 124 Å². The Morgan fingerprint density at radius 2 is 1.70 bits per heavy atom. The fourth-order valence-electron chi connectivity index (χ4n) is 4.51. The van der Waals surface area contributed by atoms with E-state index >= 15 is 0 Å². The number of nitrogens with one attached hydrogen (secondary N) is 2. The van der Waals surface area contributed by atoms with Crippen LogP contribution in [-0.2, 0) is 42.9 Å². The molecule has 0 bridgehead atoms. The Hall–Kier alpha value is -2.74. The van der Waals surface area contributed by atoms with Gasteiger partial charge in [-0.05, 0) is 12.8 Å². The lowest BCUT2D eigenvalue weighted by atomic mass is 9.91. The number of alkyl halides is 3. The Kier molecular flexibility index (Phi) is 13.2. The second-order valence-corrected chi connectivity index (χ2v) is 13.3. The highest BCUT2D eigenvalue weighted by Gasteiger charge is 2.70. The molecule has 2 aliphatic rings. The largest absolute Gasteiger partial charge is 0.480 e. The summed E-state index contributed by atoms with van der Waals surface area (Å²) >= 11 is 17.5. The third-order valence-electron chi connectivity index (χ3n) is 6.35. The van der Waals surface area contributed by atoms with E-state index in [2.05, 4.69) is 15.4 Å². The van der Waals surface area contributed by atoms with Gasteiger partial charge in [0, 0.05) is 33.3 Å². The summed E-state index contributed by atoms with van der Waals surface area (Å²) in [7, 11) is 3.82. The van der Waals surface area contributed by atoms with Crippen molar-refractivity contribution in [2.45, 2.75) is 44.9 Å². The van der Waals surface area contributed by atoms with Crippen LogP contribution in [0.1, 0.15) is 19.3 Å². The first kappa shape index (κ1) is 37.4. The van der Waals surface area contributed by atoms with Crippen molar-refractivity contribution in [1.82, 2.24) is 15.5 Å². The van der Waals surface area contributed by atoms with Crippen molar-refractivity contribution in [2.75, 3.05) is 47.8 Å². The van der Waals surface area contributed by atoms with Gasteiger partial charge in [0.25, 0.3) is 11.6 Å². The fraction of sp³-hybridized carbons (Fsp3) is 0.652. The second kappa shape index (κ2) is 15.5. The molecule has 4 amide bonds. The van der Waals surface area contributed by atoms with E-state index in [1.165, 1.54) is 14.2 Å². The number of alkyl carbamates (subject to hydrolysis) is 1. The molecule has 2 aliphatic heterocycles. The summed E-state index contributed by atoms with van der Waals surface area (Å²) in [5.74, 6) is -4.66. The van der Waals surface area contributed by atoms with Gasteiger partial charge >= 0.3 is 24.1 Å². The highest BCUT2D eigenvalue weighted by atomic mass is 35.6. The van der Waals surface area contributed by atoms with E-state index in [0.717, 1.165) is 23.8 Å². The molecule has 21 heteroatoms. The molecule has 0 aromatic carbocycles. The molecule has 6 N–H and O–H groups in total. The Labute approximate surface area is 269 Å². The lowest BCUT2D eigenvalue weighted by Gasteiger charge is -2.59. The van der Waals surface area contributed by atoms with Crippen LogP contribution in [0.4, 0.5) is 9.59 Å². The van der Waals surface area contributed by atoms with Gasteiger partial charge in [-0.15, -0.1) is 11.8 Å². The number of amides is 4. The van der Waals surface area contributed by atoms with E-state index in [1.807, 2.05) is 0 Å². The molecule has 0 saturated carbocycles. The number of primary amides is 1. The van der Waals surface area contributed by atoms with E-state index in [0.29, 0.717) is 0 Å². The molecule has 248 valence electrons. The molecule has 1 saturated heterocycles. The van der Waals surface area contributed by atoms with E-state index in [-0.39, 0.29) is 38.0 Å². The number of nitrogens with zero attached hydrogens (tertiary/aromatic N) is 1. The Morgan fingerprint density at radius 3 is 2.18 bits per heavy atom. The van der Waals surface area contributed by atoms with E-state index in [9.17, 15) is 39.0 Å².